The van der Waals surface area contributed by atoms with Gasteiger partial charge in [-0.2, -0.15) is 0 Å². The summed E-state index contributed by atoms with van der Waals surface area (Å²) in [4.78, 5) is 0. The first-order chi connectivity index (χ1) is 6.74. The molecule has 0 aliphatic rings. The molecule has 3 heteroatoms. The van der Waals surface area contributed by atoms with Crippen LogP contribution in [0.25, 0.3) is 10.1 Å². The van der Waals surface area contributed by atoms with Crippen LogP contribution >= 0.6 is 27.3 Å². The molecular weight excluding hydrogens is 260 g/mol. The van der Waals surface area contributed by atoms with Crippen molar-refractivity contribution in [3.05, 3.63) is 27.5 Å². The first-order valence-electron chi connectivity index (χ1n) is 4.53. The van der Waals surface area contributed by atoms with Crippen molar-refractivity contribution in [2.24, 2.45) is 0 Å². The first-order valence-corrected chi connectivity index (χ1v) is 6.20. The van der Waals surface area contributed by atoms with E-state index in [9.17, 15) is 0 Å². The van der Waals surface area contributed by atoms with Crippen LogP contribution in [0.5, 0.6) is 5.75 Å². The van der Waals surface area contributed by atoms with Crippen molar-refractivity contribution in [2.45, 2.75) is 13.8 Å². The molecule has 0 unspecified atom stereocenters. The highest BCUT2D eigenvalue weighted by molar-refractivity contribution is 9.10. The van der Waals surface area contributed by atoms with Gasteiger partial charge >= 0.3 is 0 Å². The molecule has 0 spiro atoms. The monoisotopic (exact) mass is 270 g/mol. The van der Waals surface area contributed by atoms with E-state index in [-0.39, 0.29) is 0 Å². The number of rotatable bonds is 2. The van der Waals surface area contributed by atoms with E-state index in [1.165, 1.54) is 15.6 Å². The van der Waals surface area contributed by atoms with E-state index in [1.54, 1.807) is 11.3 Å². The lowest BCUT2D eigenvalue weighted by Gasteiger charge is -2.09. The predicted molar refractivity (Wildman–Crippen MR) is 65.4 cm³/mol. The Labute approximate surface area is 95.8 Å². The third-order valence-electron chi connectivity index (χ3n) is 2.12. The first kappa shape index (κ1) is 9.99. The summed E-state index contributed by atoms with van der Waals surface area (Å²) < 4.78 is 8.07. The molecule has 0 N–H and O–H groups in total. The highest BCUT2D eigenvalue weighted by atomic mass is 79.9. The quantitative estimate of drug-likeness (QED) is 0.788. The van der Waals surface area contributed by atoms with E-state index in [2.05, 4.69) is 40.4 Å². The Hall–Kier alpha value is -0.540. The number of aryl methyl sites for hydroxylation is 1. The Balaban J connectivity index is 2.73. The fourth-order valence-corrected chi connectivity index (χ4v) is 3.18. The average molecular weight is 271 g/mol. The van der Waals surface area contributed by atoms with Crippen LogP contribution in [0, 0.1) is 6.92 Å². The molecule has 0 radical (unpaired) electrons. The van der Waals surface area contributed by atoms with Gasteiger partial charge in [-0.3, -0.25) is 0 Å². The van der Waals surface area contributed by atoms with Gasteiger partial charge in [-0.25, -0.2) is 0 Å². The molecule has 74 valence electrons. The summed E-state index contributed by atoms with van der Waals surface area (Å²) >= 11 is 5.30. The highest BCUT2D eigenvalue weighted by Crippen LogP contribution is 2.38. The molecule has 1 heterocycles. The lowest BCUT2D eigenvalue weighted by Crippen LogP contribution is -1.94. The minimum Gasteiger partial charge on any atom is -0.493 e. The van der Waals surface area contributed by atoms with Gasteiger partial charge in [-0.05, 0) is 52.9 Å². The summed E-state index contributed by atoms with van der Waals surface area (Å²) in [7, 11) is 0. The fourth-order valence-electron chi connectivity index (χ4n) is 1.54. The molecule has 0 fully saturated rings. The second-order valence-electron chi connectivity index (χ2n) is 3.10. The molecule has 1 nitrogen and oxygen atoms in total. The van der Waals surface area contributed by atoms with Crippen molar-refractivity contribution < 1.29 is 4.74 Å². The molecule has 0 saturated heterocycles. The average Bonchev–Trinajstić information content (AvgIpc) is 2.60. The molecule has 0 amide bonds. The topological polar surface area (TPSA) is 9.23 Å². The zero-order valence-corrected chi connectivity index (χ0v) is 10.5. The predicted octanol–water partition coefficient (Wildman–Crippen LogP) is 4.37. The largest absolute Gasteiger partial charge is 0.493 e. The smallest absolute Gasteiger partial charge is 0.130 e. The zero-order valence-electron chi connectivity index (χ0n) is 8.13. The molecule has 2 aromatic rings. The maximum absolute atomic E-state index is 5.65. The van der Waals surface area contributed by atoms with E-state index >= 15 is 0 Å². The Morgan fingerprint density at radius 3 is 3.00 bits per heavy atom. The number of fused-ring (bicyclic) bond motifs is 1. The summed E-state index contributed by atoms with van der Waals surface area (Å²) in [6.45, 7) is 4.81. The highest BCUT2D eigenvalue weighted by Gasteiger charge is 2.09. The van der Waals surface area contributed by atoms with E-state index in [1.807, 2.05) is 6.92 Å². The van der Waals surface area contributed by atoms with Crippen LogP contribution in [-0.2, 0) is 0 Å². The number of ether oxygens (including phenoxy) is 1. The van der Waals surface area contributed by atoms with E-state index in [0.29, 0.717) is 6.61 Å². The van der Waals surface area contributed by atoms with Gasteiger partial charge in [0.05, 0.1) is 11.3 Å². The number of hydrogen-bond donors (Lipinski definition) is 0. The maximum Gasteiger partial charge on any atom is 0.130 e. The summed E-state index contributed by atoms with van der Waals surface area (Å²) in [6, 6.07) is 4.23. The Morgan fingerprint density at radius 2 is 2.29 bits per heavy atom. The second kappa shape index (κ2) is 3.91. The number of thiophene rings is 1. The molecular formula is C11H11BrOS. The molecule has 0 aliphatic heterocycles. The zero-order chi connectivity index (χ0) is 10.1. The van der Waals surface area contributed by atoms with Crippen molar-refractivity contribution in [3.8, 4) is 5.75 Å². The van der Waals surface area contributed by atoms with E-state index in [0.717, 1.165) is 10.2 Å². The van der Waals surface area contributed by atoms with Crippen LogP contribution in [0.1, 0.15) is 12.5 Å². The van der Waals surface area contributed by atoms with Gasteiger partial charge < -0.3 is 4.74 Å². The molecule has 0 aliphatic carbocycles. The summed E-state index contributed by atoms with van der Waals surface area (Å²) in [5.74, 6) is 1.02. The molecule has 0 atom stereocenters. The SMILES string of the molecule is CCOc1c(C)cc(Br)c2sccc12. The van der Waals surface area contributed by atoms with Crippen molar-refractivity contribution in [3.63, 3.8) is 0 Å². The summed E-state index contributed by atoms with van der Waals surface area (Å²) in [6.07, 6.45) is 0. The number of halogens is 1. The second-order valence-corrected chi connectivity index (χ2v) is 4.87. The summed E-state index contributed by atoms with van der Waals surface area (Å²) in [5, 5.41) is 3.31. The van der Waals surface area contributed by atoms with Gasteiger partial charge in [0.25, 0.3) is 0 Å². The molecule has 0 saturated carbocycles. The van der Waals surface area contributed by atoms with Crippen LogP contribution in [0.4, 0.5) is 0 Å². The van der Waals surface area contributed by atoms with Crippen LogP contribution in [0.3, 0.4) is 0 Å². The Morgan fingerprint density at radius 1 is 1.50 bits per heavy atom. The summed E-state index contributed by atoms with van der Waals surface area (Å²) in [5.41, 5.74) is 1.18. The van der Waals surface area contributed by atoms with Gasteiger partial charge in [-0.15, -0.1) is 11.3 Å². The third kappa shape index (κ3) is 1.55. The Bertz CT molecular complexity index is 462. The van der Waals surface area contributed by atoms with Crippen molar-refractivity contribution in [1.29, 1.82) is 0 Å². The molecule has 1 aromatic carbocycles. The fraction of sp³-hybridized carbons (Fsp3) is 0.273. The van der Waals surface area contributed by atoms with Gasteiger partial charge in [0.2, 0.25) is 0 Å². The van der Waals surface area contributed by atoms with Crippen molar-refractivity contribution in [2.75, 3.05) is 6.61 Å². The standard InChI is InChI=1S/C11H11BrOS/c1-3-13-10-7(2)6-9(12)11-8(10)4-5-14-11/h4-6H,3H2,1-2H3. The van der Waals surface area contributed by atoms with Gasteiger partial charge in [0.1, 0.15) is 5.75 Å². The Kier molecular flexibility index (Phi) is 2.79. The normalized spacial score (nSPS) is 10.8. The van der Waals surface area contributed by atoms with Crippen LogP contribution < -0.4 is 4.74 Å². The minimum absolute atomic E-state index is 0.716. The van der Waals surface area contributed by atoms with Crippen molar-refractivity contribution >= 4 is 37.4 Å². The van der Waals surface area contributed by atoms with Crippen LogP contribution in [0.15, 0.2) is 22.0 Å². The molecule has 14 heavy (non-hydrogen) atoms. The molecule has 1 aromatic heterocycles. The molecule has 2 rings (SSSR count). The van der Waals surface area contributed by atoms with Gasteiger partial charge in [-0.1, -0.05) is 0 Å². The maximum atomic E-state index is 5.65. The van der Waals surface area contributed by atoms with Gasteiger partial charge in [0, 0.05) is 9.86 Å². The lowest BCUT2D eigenvalue weighted by atomic mass is 10.1. The third-order valence-corrected chi connectivity index (χ3v) is 3.95. The van der Waals surface area contributed by atoms with E-state index in [4.69, 9.17) is 4.74 Å². The number of hydrogen-bond acceptors (Lipinski definition) is 2. The van der Waals surface area contributed by atoms with Crippen molar-refractivity contribution in [1.82, 2.24) is 0 Å². The molecule has 0 bridgehead atoms. The van der Waals surface area contributed by atoms with E-state index < -0.39 is 0 Å². The van der Waals surface area contributed by atoms with Crippen LogP contribution in [0.2, 0.25) is 0 Å². The number of benzene rings is 1. The lowest BCUT2D eigenvalue weighted by molar-refractivity contribution is 0.342. The van der Waals surface area contributed by atoms with Gasteiger partial charge in [0.15, 0.2) is 0 Å². The minimum atomic E-state index is 0.716. The van der Waals surface area contributed by atoms with Crippen LogP contribution in [-0.4, -0.2) is 6.61 Å².